The molecule has 0 unspecified atom stereocenters. The maximum atomic E-state index is 13.3. The van der Waals surface area contributed by atoms with Crippen molar-refractivity contribution >= 4 is 23.5 Å². The molecule has 4 rings (SSSR count). The lowest BCUT2D eigenvalue weighted by Crippen LogP contribution is -1.96. The van der Waals surface area contributed by atoms with Crippen LogP contribution in [-0.4, -0.2) is 19.2 Å². The van der Waals surface area contributed by atoms with Crippen LogP contribution in [0.4, 0.5) is 4.39 Å². The number of hydrogen-bond acceptors (Lipinski definition) is 4. The van der Waals surface area contributed by atoms with Crippen molar-refractivity contribution in [3.05, 3.63) is 77.1 Å². The number of halogens is 1. The van der Waals surface area contributed by atoms with Crippen molar-refractivity contribution in [2.24, 2.45) is 0 Å². The fraction of sp³-hybridized carbons (Fsp3) is 0.154. The third-order valence-corrected chi connectivity index (χ3v) is 5.32. The Hall–Kier alpha value is -3.73. The number of carbonyl (C=O) groups excluding carboxylic acids is 2. The van der Waals surface area contributed by atoms with Crippen LogP contribution < -0.4 is 4.74 Å². The third kappa shape index (κ3) is 3.75. The Bertz CT molecular complexity index is 1270. The highest BCUT2D eigenvalue weighted by Gasteiger charge is 2.19. The quantitative estimate of drug-likeness (QED) is 0.323. The SMILES string of the molecule is CCOc1cc2oc(-c3ccc(F)cc3)c(C=O)c2cc1-c1ccc(CC)c(C=O)c1. The number of carbonyl (C=O) groups is 2. The summed E-state index contributed by atoms with van der Waals surface area (Å²) in [7, 11) is 0. The molecule has 0 aliphatic carbocycles. The van der Waals surface area contributed by atoms with Gasteiger partial charge in [0.25, 0.3) is 0 Å². The van der Waals surface area contributed by atoms with Gasteiger partial charge in [-0.2, -0.15) is 0 Å². The van der Waals surface area contributed by atoms with Gasteiger partial charge in [-0.3, -0.25) is 9.59 Å². The van der Waals surface area contributed by atoms with E-state index in [-0.39, 0.29) is 5.82 Å². The molecule has 0 bridgehead atoms. The third-order valence-electron chi connectivity index (χ3n) is 5.32. The zero-order valence-corrected chi connectivity index (χ0v) is 17.3. The molecule has 31 heavy (non-hydrogen) atoms. The van der Waals surface area contributed by atoms with E-state index in [4.69, 9.17) is 9.15 Å². The Morgan fingerprint density at radius 2 is 1.68 bits per heavy atom. The molecular weight excluding hydrogens is 395 g/mol. The fourth-order valence-corrected chi connectivity index (χ4v) is 3.77. The largest absolute Gasteiger partial charge is 0.493 e. The number of benzene rings is 3. The van der Waals surface area contributed by atoms with Crippen molar-refractivity contribution in [3.63, 3.8) is 0 Å². The second kappa shape index (κ2) is 8.56. The maximum Gasteiger partial charge on any atom is 0.154 e. The molecule has 0 N–H and O–H groups in total. The molecule has 4 nitrogen and oxygen atoms in total. The molecule has 0 radical (unpaired) electrons. The van der Waals surface area contributed by atoms with Crippen LogP contribution in [0.25, 0.3) is 33.4 Å². The van der Waals surface area contributed by atoms with Crippen LogP contribution in [0.3, 0.4) is 0 Å². The molecule has 0 fully saturated rings. The van der Waals surface area contributed by atoms with Gasteiger partial charge in [-0.15, -0.1) is 0 Å². The van der Waals surface area contributed by atoms with E-state index in [0.29, 0.717) is 45.8 Å². The highest BCUT2D eigenvalue weighted by atomic mass is 19.1. The van der Waals surface area contributed by atoms with Crippen molar-refractivity contribution < 1.29 is 23.1 Å². The van der Waals surface area contributed by atoms with E-state index in [2.05, 4.69) is 0 Å². The van der Waals surface area contributed by atoms with Gasteiger partial charge in [0.2, 0.25) is 0 Å². The number of furan rings is 1. The molecule has 0 aliphatic heterocycles. The van der Waals surface area contributed by atoms with Crippen molar-refractivity contribution in [1.82, 2.24) is 0 Å². The van der Waals surface area contributed by atoms with Gasteiger partial charge in [0.1, 0.15) is 29.2 Å². The first kappa shape index (κ1) is 20.5. The monoisotopic (exact) mass is 416 g/mol. The average molecular weight is 416 g/mol. The van der Waals surface area contributed by atoms with Crippen LogP contribution >= 0.6 is 0 Å². The summed E-state index contributed by atoms with van der Waals surface area (Å²) < 4.78 is 25.2. The van der Waals surface area contributed by atoms with Gasteiger partial charge in [0.15, 0.2) is 6.29 Å². The topological polar surface area (TPSA) is 56.5 Å². The summed E-state index contributed by atoms with van der Waals surface area (Å²) in [5, 5.41) is 0.625. The lowest BCUT2D eigenvalue weighted by atomic mass is 9.96. The number of fused-ring (bicyclic) bond motifs is 1. The maximum absolute atomic E-state index is 13.3. The predicted octanol–water partition coefficient (Wildman–Crippen LogP) is 6.49. The zero-order chi connectivity index (χ0) is 22.0. The molecule has 0 amide bonds. The summed E-state index contributed by atoms with van der Waals surface area (Å²) in [5.74, 6) is 0.599. The summed E-state index contributed by atoms with van der Waals surface area (Å²) >= 11 is 0. The first-order valence-corrected chi connectivity index (χ1v) is 10.1. The van der Waals surface area contributed by atoms with Gasteiger partial charge >= 0.3 is 0 Å². The van der Waals surface area contributed by atoms with E-state index in [1.165, 1.54) is 12.1 Å². The Morgan fingerprint density at radius 3 is 2.32 bits per heavy atom. The predicted molar refractivity (Wildman–Crippen MR) is 118 cm³/mol. The average Bonchev–Trinajstić information content (AvgIpc) is 3.16. The standard InChI is InChI=1S/C26H21FO4/c1-3-16-5-6-18(11-19(16)14-28)21-12-22-23(15-29)26(17-7-9-20(27)10-8-17)31-25(22)13-24(21)30-4-2/h5-15H,3-4H2,1-2H3. The van der Waals surface area contributed by atoms with Crippen LogP contribution in [0.5, 0.6) is 5.75 Å². The minimum Gasteiger partial charge on any atom is -0.493 e. The van der Waals surface area contributed by atoms with Crippen molar-refractivity contribution in [2.45, 2.75) is 20.3 Å². The minimum atomic E-state index is -0.366. The molecule has 0 saturated heterocycles. The van der Waals surface area contributed by atoms with Gasteiger partial charge < -0.3 is 9.15 Å². The molecule has 0 aliphatic rings. The smallest absolute Gasteiger partial charge is 0.154 e. The summed E-state index contributed by atoms with van der Waals surface area (Å²) in [6.45, 7) is 4.32. The molecule has 1 heterocycles. The van der Waals surface area contributed by atoms with Gasteiger partial charge in [0.05, 0.1) is 12.2 Å². The van der Waals surface area contributed by atoms with Crippen LogP contribution in [0.15, 0.2) is 59.0 Å². The second-order valence-electron chi connectivity index (χ2n) is 7.13. The van der Waals surface area contributed by atoms with E-state index in [1.807, 2.05) is 38.1 Å². The van der Waals surface area contributed by atoms with Gasteiger partial charge in [0, 0.05) is 28.1 Å². The molecular formula is C26H21FO4. The van der Waals surface area contributed by atoms with E-state index in [0.717, 1.165) is 35.7 Å². The molecule has 5 heteroatoms. The molecule has 156 valence electrons. The van der Waals surface area contributed by atoms with Crippen LogP contribution in [0.1, 0.15) is 40.1 Å². The summed E-state index contributed by atoms with van der Waals surface area (Å²) in [5.41, 5.74) is 4.64. The van der Waals surface area contributed by atoms with Crippen LogP contribution in [0.2, 0.25) is 0 Å². The minimum absolute atomic E-state index is 0.366. The Labute approximate surface area is 179 Å². The van der Waals surface area contributed by atoms with Crippen molar-refractivity contribution in [3.8, 4) is 28.2 Å². The molecule has 0 saturated carbocycles. The summed E-state index contributed by atoms with van der Waals surface area (Å²) in [6.07, 6.45) is 2.35. The van der Waals surface area contributed by atoms with Crippen LogP contribution in [0, 0.1) is 5.82 Å². The van der Waals surface area contributed by atoms with Gasteiger partial charge in [-0.05, 0) is 60.9 Å². The number of aldehydes is 2. The molecule has 0 spiro atoms. The fourth-order valence-electron chi connectivity index (χ4n) is 3.77. The number of aryl methyl sites for hydroxylation is 1. The van der Waals surface area contributed by atoms with Crippen molar-refractivity contribution in [2.75, 3.05) is 6.61 Å². The zero-order valence-electron chi connectivity index (χ0n) is 17.3. The molecule has 1 aromatic heterocycles. The summed E-state index contributed by atoms with van der Waals surface area (Å²) in [6, 6.07) is 15.1. The van der Waals surface area contributed by atoms with Gasteiger partial charge in [-0.25, -0.2) is 4.39 Å². The van der Waals surface area contributed by atoms with Crippen molar-refractivity contribution in [1.29, 1.82) is 0 Å². The Kier molecular flexibility index (Phi) is 5.67. The molecule has 4 aromatic rings. The first-order valence-electron chi connectivity index (χ1n) is 10.1. The highest BCUT2D eigenvalue weighted by Crippen LogP contribution is 2.40. The number of ether oxygens (including phenoxy) is 1. The van der Waals surface area contributed by atoms with Gasteiger partial charge in [-0.1, -0.05) is 19.1 Å². The summed E-state index contributed by atoms with van der Waals surface area (Å²) in [4.78, 5) is 23.5. The second-order valence-corrected chi connectivity index (χ2v) is 7.13. The van der Waals surface area contributed by atoms with E-state index < -0.39 is 0 Å². The molecule has 0 atom stereocenters. The van der Waals surface area contributed by atoms with Crippen LogP contribution in [-0.2, 0) is 6.42 Å². The highest BCUT2D eigenvalue weighted by molar-refractivity contribution is 6.05. The van der Waals surface area contributed by atoms with E-state index in [9.17, 15) is 14.0 Å². The Morgan fingerprint density at radius 1 is 0.935 bits per heavy atom. The first-order chi connectivity index (χ1) is 15.1. The Balaban J connectivity index is 1.95. The normalized spacial score (nSPS) is 10.9. The lowest BCUT2D eigenvalue weighted by molar-refractivity contribution is 0.111. The van der Waals surface area contributed by atoms with E-state index in [1.54, 1.807) is 18.2 Å². The molecule has 3 aromatic carbocycles. The number of rotatable bonds is 7. The lowest BCUT2D eigenvalue weighted by Gasteiger charge is -2.12. The van der Waals surface area contributed by atoms with E-state index >= 15 is 0 Å². The number of hydrogen-bond donors (Lipinski definition) is 0.